The second-order valence-corrected chi connectivity index (χ2v) is 7.54. The lowest BCUT2D eigenvalue weighted by Crippen LogP contribution is -2.46. The molecule has 0 heterocycles. The number of ether oxygens (including phenoxy) is 1. The van der Waals surface area contributed by atoms with Gasteiger partial charge in [-0.1, -0.05) is 48.0 Å². The highest BCUT2D eigenvalue weighted by Gasteiger charge is 2.49. The summed E-state index contributed by atoms with van der Waals surface area (Å²) in [4.78, 5) is 23.7. The molecule has 0 aliphatic heterocycles. The molecule has 118 valence electrons. The molecular weight excluding hydrogens is 252 g/mol. The summed E-state index contributed by atoms with van der Waals surface area (Å²) in [6.45, 7) is 16.1. The van der Waals surface area contributed by atoms with E-state index in [1.54, 1.807) is 0 Å². The third-order valence-electron chi connectivity index (χ3n) is 5.02. The number of hydrogen-bond acceptors (Lipinski definition) is 3. The SMILES string of the molecule is CCC(C)(C)CC(C)(C(=O)OCC(C)=O)C(C)(C)CC. The summed E-state index contributed by atoms with van der Waals surface area (Å²) in [5.74, 6) is -0.370. The number of Topliss-reactive ketones (excluding diaryl/α,β-unsaturated/α-hetero) is 1. The molecule has 0 spiro atoms. The average molecular weight is 284 g/mol. The van der Waals surface area contributed by atoms with E-state index in [2.05, 4.69) is 41.5 Å². The molecule has 0 aliphatic carbocycles. The van der Waals surface area contributed by atoms with Crippen LogP contribution in [-0.2, 0) is 14.3 Å². The Bertz CT molecular complexity index is 355. The van der Waals surface area contributed by atoms with Crippen molar-refractivity contribution in [3.63, 3.8) is 0 Å². The molecule has 3 nitrogen and oxygen atoms in total. The Morgan fingerprint density at radius 3 is 1.80 bits per heavy atom. The normalized spacial score (nSPS) is 15.6. The predicted molar refractivity (Wildman–Crippen MR) is 82.5 cm³/mol. The first kappa shape index (κ1) is 19.1. The Kier molecular flexibility index (Phi) is 6.44. The first-order chi connectivity index (χ1) is 8.92. The molecule has 0 amide bonds. The van der Waals surface area contributed by atoms with Gasteiger partial charge in [-0.2, -0.15) is 0 Å². The van der Waals surface area contributed by atoms with Gasteiger partial charge >= 0.3 is 5.97 Å². The summed E-state index contributed by atoms with van der Waals surface area (Å²) < 4.78 is 5.26. The van der Waals surface area contributed by atoms with E-state index < -0.39 is 5.41 Å². The van der Waals surface area contributed by atoms with Crippen molar-refractivity contribution in [1.82, 2.24) is 0 Å². The minimum Gasteiger partial charge on any atom is -0.457 e. The van der Waals surface area contributed by atoms with Gasteiger partial charge in [0.15, 0.2) is 5.78 Å². The number of carbonyl (C=O) groups is 2. The second kappa shape index (κ2) is 6.73. The monoisotopic (exact) mass is 284 g/mol. The minimum atomic E-state index is -0.587. The third-order valence-corrected chi connectivity index (χ3v) is 5.02. The Morgan fingerprint density at radius 1 is 0.950 bits per heavy atom. The molecule has 0 bridgehead atoms. The molecule has 0 fully saturated rings. The highest BCUT2D eigenvalue weighted by Crippen LogP contribution is 2.50. The van der Waals surface area contributed by atoms with E-state index in [0.717, 1.165) is 19.3 Å². The molecular formula is C17H32O3. The number of esters is 1. The standard InChI is InChI=1S/C17H32O3/c1-9-15(4,5)12-17(8,16(6,7)10-2)14(19)20-11-13(3)18/h9-12H2,1-8H3. The summed E-state index contributed by atoms with van der Waals surface area (Å²) in [7, 11) is 0. The number of ketones is 1. The van der Waals surface area contributed by atoms with Crippen molar-refractivity contribution < 1.29 is 14.3 Å². The molecule has 0 N–H and O–H groups in total. The van der Waals surface area contributed by atoms with Gasteiger partial charge in [0, 0.05) is 0 Å². The van der Waals surface area contributed by atoms with Crippen LogP contribution >= 0.6 is 0 Å². The van der Waals surface area contributed by atoms with Gasteiger partial charge in [-0.15, -0.1) is 0 Å². The van der Waals surface area contributed by atoms with E-state index in [9.17, 15) is 9.59 Å². The smallest absolute Gasteiger partial charge is 0.312 e. The fourth-order valence-electron chi connectivity index (χ4n) is 2.39. The second-order valence-electron chi connectivity index (χ2n) is 7.54. The lowest BCUT2D eigenvalue weighted by atomic mass is 9.58. The van der Waals surface area contributed by atoms with E-state index in [0.29, 0.717) is 0 Å². The van der Waals surface area contributed by atoms with Crippen molar-refractivity contribution in [1.29, 1.82) is 0 Å². The average Bonchev–Trinajstić information content (AvgIpc) is 2.34. The van der Waals surface area contributed by atoms with E-state index in [1.165, 1.54) is 6.92 Å². The highest BCUT2D eigenvalue weighted by molar-refractivity contribution is 5.83. The molecule has 0 rings (SSSR count). The van der Waals surface area contributed by atoms with Gasteiger partial charge in [0.05, 0.1) is 5.41 Å². The molecule has 0 aromatic carbocycles. The predicted octanol–water partition coefficient (Wildman–Crippen LogP) is 4.39. The zero-order valence-electron chi connectivity index (χ0n) is 14.6. The van der Waals surface area contributed by atoms with Gasteiger partial charge in [-0.3, -0.25) is 9.59 Å². The fraction of sp³-hybridized carbons (Fsp3) is 0.882. The van der Waals surface area contributed by atoms with Crippen molar-refractivity contribution >= 4 is 11.8 Å². The van der Waals surface area contributed by atoms with E-state index in [4.69, 9.17) is 4.74 Å². The summed E-state index contributed by atoms with van der Waals surface area (Å²) in [5, 5.41) is 0. The van der Waals surface area contributed by atoms with Crippen LogP contribution in [0.1, 0.15) is 74.7 Å². The van der Waals surface area contributed by atoms with Gasteiger partial charge in [0.2, 0.25) is 0 Å². The Balaban J connectivity index is 5.37. The van der Waals surface area contributed by atoms with Crippen LogP contribution in [0.25, 0.3) is 0 Å². The maximum atomic E-state index is 12.6. The van der Waals surface area contributed by atoms with Gasteiger partial charge in [0.25, 0.3) is 0 Å². The minimum absolute atomic E-state index is 0.0659. The van der Waals surface area contributed by atoms with Crippen molar-refractivity contribution in [2.24, 2.45) is 16.2 Å². The van der Waals surface area contributed by atoms with E-state index in [1.807, 2.05) is 6.92 Å². The van der Waals surface area contributed by atoms with Crippen LogP contribution in [-0.4, -0.2) is 18.4 Å². The van der Waals surface area contributed by atoms with Crippen LogP contribution in [0.4, 0.5) is 0 Å². The van der Waals surface area contributed by atoms with Gasteiger partial charge in [0.1, 0.15) is 6.61 Å². The fourth-order valence-corrected chi connectivity index (χ4v) is 2.39. The van der Waals surface area contributed by atoms with Crippen molar-refractivity contribution in [3.05, 3.63) is 0 Å². The summed E-state index contributed by atoms with van der Waals surface area (Å²) >= 11 is 0. The Labute approximate surface area is 124 Å². The number of rotatable bonds is 8. The van der Waals surface area contributed by atoms with Crippen LogP contribution in [0, 0.1) is 16.2 Å². The quantitative estimate of drug-likeness (QED) is 0.621. The summed E-state index contributed by atoms with van der Waals surface area (Å²) in [5.41, 5.74) is -0.694. The van der Waals surface area contributed by atoms with Crippen LogP contribution in [0.3, 0.4) is 0 Å². The largest absolute Gasteiger partial charge is 0.457 e. The molecule has 1 atom stereocenters. The Morgan fingerprint density at radius 2 is 1.45 bits per heavy atom. The molecule has 3 heteroatoms. The third kappa shape index (κ3) is 4.60. The molecule has 0 aromatic heterocycles. The van der Waals surface area contributed by atoms with E-state index in [-0.39, 0.29) is 29.2 Å². The van der Waals surface area contributed by atoms with Crippen LogP contribution < -0.4 is 0 Å². The van der Waals surface area contributed by atoms with Crippen LogP contribution in [0.2, 0.25) is 0 Å². The molecule has 20 heavy (non-hydrogen) atoms. The lowest BCUT2D eigenvalue weighted by molar-refractivity contribution is -0.167. The molecule has 0 saturated heterocycles. The number of carbonyl (C=O) groups excluding carboxylic acids is 2. The van der Waals surface area contributed by atoms with E-state index >= 15 is 0 Å². The van der Waals surface area contributed by atoms with Gasteiger partial charge < -0.3 is 4.74 Å². The summed E-state index contributed by atoms with van der Waals surface area (Å²) in [6, 6.07) is 0. The number of hydrogen-bond donors (Lipinski definition) is 0. The first-order valence-electron chi connectivity index (χ1n) is 7.58. The highest BCUT2D eigenvalue weighted by atomic mass is 16.5. The lowest BCUT2D eigenvalue weighted by Gasteiger charge is -2.45. The zero-order valence-corrected chi connectivity index (χ0v) is 14.6. The molecule has 1 unspecified atom stereocenters. The maximum absolute atomic E-state index is 12.6. The Hall–Kier alpha value is -0.860. The molecule has 0 saturated carbocycles. The van der Waals surface area contributed by atoms with Crippen LogP contribution in [0.15, 0.2) is 0 Å². The van der Waals surface area contributed by atoms with Gasteiger partial charge in [-0.25, -0.2) is 0 Å². The van der Waals surface area contributed by atoms with Crippen LogP contribution in [0.5, 0.6) is 0 Å². The maximum Gasteiger partial charge on any atom is 0.312 e. The summed E-state index contributed by atoms with van der Waals surface area (Å²) in [6.07, 6.45) is 2.65. The van der Waals surface area contributed by atoms with Crippen molar-refractivity contribution in [3.8, 4) is 0 Å². The zero-order chi connectivity index (χ0) is 16.2. The first-order valence-corrected chi connectivity index (χ1v) is 7.58. The van der Waals surface area contributed by atoms with Gasteiger partial charge in [-0.05, 0) is 37.5 Å². The molecule has 0 radical (unpaired) electrons. The van der Waals surface area contributed by atoms with Crippen molar-refractivity contribution in [2.45, 2.75) is 74.7 Å². The molecule has 0 aliphatic rings. The van der Waals surface area contributed by atoms with Crippen molar-refractivity contribution in [2.75, 3.05) is 6.61 Å². The topological polar surface area (TPSA) is 43.4 Å². The molecule has 0 aromatic rings.